The fourth-order valence-electron chi connectivity index (χ4n) is 3.38. The first kappa shape index (κ1) is 15.8. The summed E-state index contributed by atoms with van der Waals surface area (Å²) in [6.45, 7) is 3.19. The molecule has 2 saturated heterocycles. The molecule has 0 saturated carbocycles. The zero-order valence-electron chi connectivity index (χ0n) is 12.0. The van der Waals surface area contributed by atoms with Gasteiger partial charge in [0.15, 0.2) is 0 Å². The van der Waals surface area contributed by atoms with Crippen molar-refractivity contribution in [2.75, 3.05) is 19.6 Å². The molecule has 2 aliphatic heterocycles. The Morgan fingerprint density at radius 2 is 2.14 bits per heavy atom. The minimum absolute atomic E-state index is 0. The van der Waals surface area contributed by atoms with Gasteiger partial charge in [-0.1, -0.05) is 18.2 Å². The summed E-state index contributed by atoms with van der Waals surface area (Å²) in [6.07, 6.45) is 3.01. The number of carbonyl (C=O) groups excluding carboxylic acids is 1. The minimum atomic E-state index is -0.181. The fourth-order valence-corrected chi connectivity index (χ4v) is 3.38. The van der Waals surface area contributed by atoms with E-state index in [9.17, 15) is 4.79 Å². The van der Waals surface area contributed by atoms with Gasteiger partial charge in [-0.2, -0.15) is 5.26 Å². The van der Waals surface area contributed by atoms with Crippen molar-refractivity contribution in [1.29, 1.82) is 5.26 Å². The molecule has 0 radical (unpaired) electrons. The molecule has 1 unspecified atom stereocenters. The van der Waals surface area contributed by atoms with Crippen LogP contribution in [-0.4, -0.2) is 30.4 Å². The second-order valence-electron chi connectivity index (χ2n) is 5.81. The number of rotatable bonds is 2. The van der Waals surface area contributed by atoms with E-state index in [4.69, 9.17) is 5.26 Å². The molecule has 3 rings (SSSR count). The molecule has 1 aromatic rings. The van der Waals surface area contributed by atoms with Crippen LogP contribution in [-0.2, 0) is 11.3 Å². The van der Waals surface area contributed by atoms with Crippen molar-refractivity contribution < 1.29 is 4.79 Å². The largest absolute Gasteiger partial charge is 0.338 e. The Hall–Kier alpha value is -1.57. The van der Waals surface area contributed by atoms with Gasteiger partial charge >= 0.3 is 0 Å². The number of likely N-dealkylation sites (tertiary alicyclic amines) is 1. The highest BCUT2D eigenvalue weighted by molar-refractivity contribution is 5.85. The monoisotopic (exact) mass is 305 g/mol. The van der Waals surface area contributed by atoms with E-state index in [1.807, 2.05) is 29.2 Å². The Labute approximate surface area is 131 Å². The third-order valence-corrected chi connectivity index (χ3v) is 4.57. The van der Waals surface area contributed by atoms with Crippen LogP contribution in [0.5, 0.6) is 0 Å². The van der Waals surface area contributed by atoms with Gasteiger partial charge < -0.3 is 10.2 Å². The number of nitriles is 1. The van der Waals surface area contributed by atoms with E-state index in [1.165, 1.54) is 0 Å². The molecular formula is C16H20ClN3O. The summed E-state index contributed by atoms with van der Waals surface area (Å²) in [5.41, 5.74) is 1.44. The van der Waals surface area contributed by atoms with Gasteiger partial charge in [-0.3, -0.25) is 4.79 Å². The Morgan fingerprint density at radius 1 is 1.33 bits per heavy atom. The van der Waals surface area contributed by atoms with Crippen LogP contribution >= 0.6 is 12.4 Å². The molecule has 1 N–H and O–H groups in total. The lowest BCUT2D eigenvalue weighted by Crippen LogP contribution is -2.45. The first-order valence-electron chi connectivity index (χ1n) is 7.23. The van der Waals surface area contributed by atoms with Gasteiger partial charge in [0.05, 0.1) is 17.0 Å². The molecule has 5 heteroatoms. The smallest absolute Gasteiger partial charge is 0.230 e. The highest BCUT2D eigenvalue weighted by atomic mass is 35.5. The number of benzene rings is 1. The van der Waals surface area contributed by atoms with E-state index in [0.717, 1.165) is 44.5 Å². The summed E-state index contributed by atoms with van der Waals surface area (Å²) in [6, 6.07) is 9.75. The molecule has 1 amide bonds. The van der Waals surface area contributed by atoms with Gasteiger partial charge in [-0.05, 0) is 37.4 Å². The molecule has 0 bridgehead atoms. The first-order valence-corrected chi connectivity index (χ1v) is 7.23. The lowest BCUT2D eigenvalue weighted by Gasteiger charge is -2.32. The van der Waals surface area contributed by atoms with Crippen molar-refractivity contribution in [3.05, 3.63) is 35.4 Å². The van der Waals surface area contributed by atoms with Crippen molar-refractivity contribution in [2.45, 2.75) is 25.8 Å². The van der Waals surface area contributed by atoms with Crippen LogP contribution in [0.1, 0.15) is 30.4 Å². The molecule has 4 nitrogen and oxygen atoms in total. The molecule has 2 aliphatic rings. The summed E-state index contributed by atoms with van der Waals surface area (Å²) in [7, 11) is 0. The molecule has 2 heterocycles. The summed E-state index contributed by atoms with van der Waals surface area (Å²) < 4.78 is 0. The van der Waals surface area contributed by atoms with Gasteiger partial charge in [0.25, 0.3) is 0 Å². The molecule has 1 atom stereocenters. The van der Waals surface area contributed by atoms with E-state index in [1.54, 1.807) is 0 Å². The highest BCUT2D eigenvalue weighted by Crippen LogP contribution is 2.38. The quantitative estimate of drug-likeness (QED) is 0.910. The van der Waals surface area contributed by atoms with Gasteiger partial charge in [0.1, 0.15) is 0 Å². The topological polar surface area (TPSA) is 56.1 Å². The molecule has 0 aromatic heterocycles. The highest BCUT2D eigenvalue weighted by Gasteiger charge is 2.46. The average molecular weight is 306 g/mol. The van der Waals surface area contributed by atoms with Crippen molar-refractivity contribution in [1.82, 2.24) is 10.2 Å². The molecule has 112 valence electrons. The van der Waals surface area contributed by atoms with Crippen molar-refractivity contribution in [3.8, 4) is 6.07 Å². The Kier molecular flexibility index (Phi) is 4.87. The summed E-state index contributed by atoms with van der Waals surface area (Å²) in [5, 5.41) is 12.5. The van der Waals surface area contributed by atoms with Crippen molar-refractivity contribution >= 4 is 18.3 Å². The molecular weight excluding hydrogens is 286 g/mol. The zero-order chi connectivity index (χ0) is 14.0. The van der Waals surface area contributed by atoms with Gasteiger partial charge in [-0.15, -0.1) is 12.4 Å². The second kappa shape index (κ2) is 6.46. The van der Waals surface area contributed by atoms with Gasteiger partial charge in [0.2, 0.25) is 5.91 Å². The summed E-state index contributed by atoms with van der Waals surface area (Å²) in [4.78, 5) is 14.6. The number of nitrogens with one attached hydrogen (secondary N) is 1. The maximum Gasteiger partial charge on any atom is 0.230 e. The van der Waals surface area contributed by atoms with Crippen LogP contribution in [0.25, 0.3) is 0 Å². The Balaban J connectivity index is 0.00000161. The predicted molar refractivity (Wildman–Crippen MR) is 83.0 cm³/mol. The van der Waals surface area contributed by atoms with E-state index in [-0.39, 0.29) is 23.7 Å². The van der Waals surface area contributed by atoms with E-state index in [0.29, 0.717) is 12.1 Å². The lowest BCUT2D eigenvalue weighted by atomic mass is 9.79. The molecule has 1 spiro atoms. The third kappa shape index (κ3) is 2.90. The number of halogens is 1. The average Bonchev–Trinajstić information content (AvgIpc) is 2.78. The number of hydrogen-bond donors (Lipinski definition) is 1. The lowest BCUT2D eigenvalue weighted by molar-refractivity contribution is -0.137. The van der Waals surface area contributed by atoms with Crippen LogP contribution in [0.3, 0.4) is 0 Å². The maximum atomic E-state index is 12.7. The zero-order valence-corrected chi connectivity index (χ0v) is 12.8. The van der Waals surface area contributed by atoms with Crippen molar-refractivity contribution in [3.63, 3.8) is 0 Å². The number of hydrogen-bond acceptors (Lipinski definition) is 3. The van der Waals surface area contributed by atoms with Crippen LogP contribution in [0.2, 0.25) is 0 Å². The van der Waals surface area contributed by atoms with Crippen LogP contribution in [0.4, 0.5) is 0 Å². The third-order valence-electron chi connectivity index (χ3n) is 4.57. The van der Waals surface area contributed by atoms with E-state index < -0.39 is 0 Å². The first-order chi connectivity index (χ1) is 9.75. The van der Waals surface area contributed by atoms with E-state index in [2.05, 4.69) is 11.4 Å². The molecule has 2 fully saturated rings. The summed E-state index contributed by atoms with van der Waals surface area (Å²) >= 11 is 0. The minimum Gasteiger partial charge on any atom is -0.338 e. The maximum absolute atomic E-state index is 12.7. The van der Waals surface area contributed by atoms with Crippen molar-refractivity contribution in [2.24, 2.45) is 5.41 Å². The summed E-state index contributed by atoms with van der Waals surface area (Å²) in [5.74, 6) is 0.262. The fraction of sp³-hybridized carbons (Fsp3) is 0.500. The Bertz CT molecular complexity index is 561. The molecule has 21 heavy (non-hydrogen) atoms. The van der Waals surface area contributed by atoms with Crippen LogP contribution < -0.4 is 5.32 Å². The normalized spacial score (nSPS) is 24.7. The SMILES string of the molecule is Cl.N#Cc1ccccc1CN1CCC2(CCCNC2)C1=O. The molecule has 1 aromatic carbocycles. The molecule has 0 aliphatic carbocycles. The predicted octanol–water partition coefficient (Wildman–Crippen LogP) is 2.08. The number of carbonyl (C=O) groups is 1. The van der Waals surface area contributed by atoms with Gasteiger partial charge in [0, 0.05) is 19.6 Å². The standard InChI is InChI=1S/C16H19N3O.ClH/c17-10-13-4-1-2-5-14(13)11-19-9-7-16(15(19)20)6-3-8-18-12-16;/h1-2,4-5,18H,3,6-9,11-12H2;1H. The van der Waals surface area contributed by atoms with Crippen LogP contribution in [0, 0.1) is 16.7 Å². The number of amides is 1. The van der Waals surface area contributed by atoms with Crippen LogP contribution in [0.15, 0.2) is 24.3 Å². The Morgan fingerprint density at radius 3 is 2.86 bits per heavy atom. The second-order valence-corrected chi connectivity index (χ2v) is 5.81. The number of piperidine rings is 1. The van der Waals surface area contributed by atoms with Gasteiger partial charge in [-0.25, -0.2) is 0 Å². The van der Waals surface area contributed by atoms with E-state index >= 15 is 0 Å². The number of nitrogens with zero attached hydrogens (tertiary/aromatic N) is 2.